The van der Waals surface area contributed by atoms with Gasteiger partial charge in [-0.05, 0) is 39.3 Å². The molecule has 1 aromatic rings. The molecule has 6 heteroatoms. The normalized spacial score (nSPS) is 12.6. The van der Waals surface area contributed by atoms with E-state index in [9.17, 15) is 0 Å². The van der Waals surface area contributed by atoms with Crippen LogP contribution in [0.3, 0.4) is 0 Å². The molecule has 0 aliphatic heterocycles. The molecule has 0 spiro atoms. The summed E-state index contributed by atoms with van der Waals surface area (Å²) in [7, 11) is 0. The maximum atomic E-state index is 8.78. The molecule has 1 heterocycles. The van der Waals surface area contributed by atoms with Crippen LogP contribution in [-0.2, 0) is 6.54 Å². The van der Waals surface area contributed by atoms with Crippen LogP contribution in [0.1, 0.15) is 39.0 Å². The molecule has 0 saturated carbocycles. The van der Waals surface area contributed by atoms with Crippen molar-refractivity contribution in [2.24, 2.45) is 10.9 Å². The van der Waals surface area contributed by atoms with Gasteiger partial charge in [-0.3, -0.25) is 9.88 Å². The summed E-state index contributed by atoms with van der Waals surface area (Å²) < 4.78 is 0. The number of hydrogen-bond donors (Lipinski definition) is 3. The van der Waals surface area contributed by atoms with Gasteiger partial charge in [-0.2, -0.15) is 0 Å². The molecular weight excluding hydrogens is 266 g/mol. The van der Waals surface area contributed by atoms with Crippen molar-refractivity contribution in [3.63, 3.8) is 0 Å². The van der Waals surface area contributed by atoms with Crippen LogP contribution in [0.2, 0.25) is 0 Å². The fourth-order valence-electron chi connectivity index (χ4n) is 2.40. The zero-order chi connectivity index (χ0) is 15.8. The van der Waals surface area contributed by atoms with E-state index in [2.05, 4.69) is 48.1 Å². The monoisotopic (exact) mass is 293 g/mol. The van der Waals surface area contributed by atoms with Crippen LogP contribution in [0.5, 0.6) is 0 Å². The van der Waals surface area contributed by atoms with E-state index in [1.54, 1.807) is 6.20 Å². The minimum Gasteiger partial charge on any atom is -0.409 e. The number of pyridine rings is 1. The van der Waals surface area contributed by atoms with Crippen LogP contribution in [0, 0.1) is 0 Å². The molecule has 0 atom stereocenters. The summed E-state index contributed by atoms with van der Waals surface area (Å²) in [4.78, 5) is 6.58. The second-order valence-corrected chi connectivity index (χ2v) is 5.60. The molecule has 21 heavy (non-hydrogen) atoms. The molecule has 0 saturated heterocycles. The third kappa shape index (κ3) is 5.32. The molecule has 0 unspecified atom stereocenters. The summed E-state index contributed by atoms with van der Waals surface area (Å²) in [6.07, 6.45) is 1.64. The molecule has 0 fully saturated rings. The van der Waals surface area contributed by atoms with Gasteiger partial charge in [-0.1, -0.05) is 11.2 Å². The first kappa shape index (κ1) is 17.4. The van der Waals surface area contributed by atoms with Crippen molar-refractivity contribution in [2.75, 3.05) is 13.1 Å². The Balaban J connectivity index is 2.53. The molecule has 0 aliphatic rings. The Morgan fingerprint density at radius 3 is 2.62 bits per heavy atom. The number of rotatable bonds is 8. The van der Waals surface area contributed by atoms with E-state index in [1.165, 1.54) is 0 Å². The zero-order valence-electron chi connectivity index (χ0n) is 13.4. The molecule has 1 aromatic heterocycles. The lowest BCUT2D eigenvalue weighted by molar-refractivity contribution is 0.176. The van der Waals surface area contributed by atoms with Gasteiger partial charge in [-0.15, -0.1) is 0 Å². The van der Waals surface area contributed by atoms with E-state index in [1.807, 2.05) is 12.1 Å². The largest absolute Gasteiger partial charge is 0.409 e. The first-order valence-corrected chi connectivity index (χ1v) is 7.35. The van der Waals surface area contributed by atoms with Gasteiger partial charge in [-0.25, -0.2) is 0 Å². The van der Waals surface area contributed by atoms with E-state index in [-0.39, 0.29) is 5.84 Å². The SMILES string of the molecule is CC(C)N(CCNCc1cccnc1C(N)=NO)C(C)C. The molecule has 0 bridgehead atoms. The lowest BCUT2D eigenvalue weighted by Crippen LogP contribution is -2.41. The minimum absolute atomic E-state index is 0.0402. The highest BCUT2D eigenvalue weighted by Gasteiger charge is 2.12. The number of amidine groups is 1. The molecule has 6 nitrogen and oxygen atoms in total. The molecule has 4 N–H and O–H groups in total. The number of hydrogen-bond acceptors (Lipinski definition) is 5. The first-order valence-electron chi connectivity index (χ1n) is 7.35. The van der Waals surface area contributed by atoms with Crippen LogP contribution in [-0.4, -0.2) is 46.1 Å². The average Bonchev–Trinajstić information content (AvgIpc) is 2.45. The third-order valence-corrected chi connectivity index (χ3v) is 3.43. The van der Waals surface area contributed by atoms with Crippen molar-refractivity contribution >= 4 is 5.84 Å². The molecule has 0 aromatic carbocycles. The zero-order valence-corrected chi connectivity index (χ0v) is 13.4. The van der Waals surface area contributed by atoms with Gasteiger partial charge in [0.05, 0.1) is 0 Å². The van der Waals surface area contributed by atoms with Crippen LogP contribution < -0.4 is 11.1 Å². The second kappa shape index (κ2) is 8.59. The first-order chi connectivity index (χ1) is 9.97. The van der Waals surface area contributed by atoms with Gasteiger partial charge in [0, 0.05) is 37.9 Å². The summed E-state index contributed by atoms with van der Waals surface area (Å²) in [5, 5.41) is 15.2. The predicted molar refractivity (Wildman–Crippen MR) is 85.4 cm³/mol. The molecule has 118 valence electrons. The number of aromatic nitrogens is 1. The molecular formula is C15H27N5O. The lowest BCUT2D eigenvalue weighted by Gasteiger charge is -2.30. The molecule has 1 rings (SSSR count). The van der Waals surface area contributed by atoms with Gasteiger partial charge < -0.3 is 16.3 Å². The Bertz CT molecular complexity index is 451. The maximum Gasteiger partial charge on any atom is 0.189 e. The highest BCUT2D eigenvalue weighted by molar-refractivity contribution is 5.96. The Hall–Kier alpha value is -1.66. The summed E-state index contributed by atoms with van der Waals surface area (Å²) in [6.45, 7) is 11.3. The molecule has 0 aliphatic carbocycles. The highest BCUT2D eigenvalue weighted by Crippen LogP contribution is 2.06. The second-order valence-electron chi connectivity index (χ2n) is 5.60. The summed E-state index contributed by atoms with van der Waals surface area (Å²) in [6, 6.07) is 4.83. The van der Waals surface area contributed by atoms with Gasteiger partial charge in [0.25, 0.3) is 0 Å². The van der Waals surface area contributed by atoms with Crippen molar-refractivity contribution in [1.82, 2.24) is 15.2 Å². The smallest absolute Gasteiger partial charge is 0.189 e. The Labute approximate surface area is 127 Å². The van der Waals surface area contributed by atoms with Crippen molar-refractivity contribution in [2.45, 2.75) is 46.3 Å². The third-order valence-electron chi connectivity index (χ3n) is 3.43. The van der Waals surface area contributed by atoms with E-state index in [0.29, 0.717) is 24.3 Å². The van der Waals surface area contributed by atoms with Crippen LogP contribution in [0.4, 0.5) is 0 Å². The topological polar surface area (TPSA) is 86.8 Å². The summed E-state index contributed by atoms with van der Waals surface area (Å²) in [5.74, 6) is 0.0402. The van der Waals surface area contributed by atoms with Crippen molar-refractivity contribution in [3.05, 3.63) is 29.6 Å². The number of nitrogens with two attached hydrogens (primary N) is 1. The van der Waals surface area contributed by atoms with Crippen molar-refractivity contribution in [1.29, 1.82) is 0 Å². The predicted octanol–water partition coefficient (Wildman–Crippen LogP) is 1.38. The van der Waals surface area contributed by atoms with Crippen LogP contribution >= 0.6 is 0 Å². The standard InChI is InChI=1S/C15H27N5O/c1-11(2)20(12(3)4)9-8-17-10-13-6-5-7-18-14(13)15(16)19-21/h5-7,11-12,17,21H,8-10H2,1-4H3,(H2,16,19). The fraction of sp³-hybridized carbons (Fsp3) is 0.600. The fourth-order valence-corrected chi connectivity index (χ4v) is 2.40. The van der Waals surface area contributed by atoms with E-state index < -0.39 is 0 Å². The lowest BCUT2D eigenvalue weighted by atomic mass is 10.2. The van der Waals surface area contributed by atoms with Crippen LogP contribution in [0.25, 0.3) is 0 Å². The van der Waals surface area contributed by atoms with Crippen molar-refractivity contribution < 1.29 is 5.21 Å². The molecule has 0 amide bonds. The Kier molecular flexibility index (Phi) is 7.11. The highest BCUT2D eigenvalue weighted by atomic mass is 16.4. The Morgan fingerprint density at radius 1 is 1.38 bits per heavy atom. The van der Waals surface area contributed by atoms with Gasteiger partial charge in [0.2, 0.25) is 0 Å². The number of nitrogens with zero attached hydrogens (tertiary/aromatic N) is 3. The average molecular weight is 293 g/mol. The van der Waals surface area contributed by atoms with Gasteiger partial charge in [0.15, 0.2) is 5.84 Å². The summed E-state index contributed by atoms with van der Waals surface area (Å²) in [5.41, 5.74) is 7.08. The quantitative estimate of drug-likeness (QED) is 0.222. The minimum atomic E-state index is 0.0402. The Morgan fingerprint density at radius 2 is 2.05 bits per heavy atom. The summed E-state index contributed by atoms with van der Waals surface area (Å²) >= 11 is 0. The van der Waals surface area contributed by atoms with Gasteiger partial charge >= 0.3 is 0 Å². The van der Waals surface area contributed by atoms with Crippen LogP contribution in [0.15, 0.2) is 23.5 Å². The van der Waals surface area contributed by atoms with Gasteiger partial charge in [0.1, 0.15) is 5.69 Å². The number of nitrogens with one attached hydrogen (secondary N) is 1. The number of oxime groups is 1. The maximum absolute atomic E-state index is 8.78. The van der Waals surface area contributed by atoms with Crippen molar-refractivity contribution in [3.8, 4) is 0 Å². The van der Waals surface area contributed by atoms with E-state index in [0.717, 1.165) is 18.7 Å². The van der Waals surface area contributed by atoms with E-state index >= 15 is 0 Å². The molecule has 0 radical (unpaired) electrons. The van der Waals surface area contributed by atoms with E-state index in [4.69, 9.17) is 10.9 Å².